The molecule has 0 aromatic heterocycles. The molecule has 2 aromatic carbocycles. The van der Waals surface area contributed by atoms with Gasteiger partial charge in [-0.05, 0) is 72.6 Å². The second kappa shape index (κ2) is 10.5. The number of ether oxygens (including phenoxy) is 1. The Balaban J connectivity index is 1.54. The molecular formula is C26H34O. The van der Waals surface area contributed by atoms with Crippen LogP contribution in [0, 0.1) is 5.92 Å². The van der Waals surface area contributed by atoms with Gasteiger partial charge in [0.05, 0.1) is 6.61 Å². The summed E-state index contributed by atoms with van der Waals surface area (Å²) in [5, 5.41) is 0. The second-order valence-corrected chi connectivity index (χ2v) is 7.97. The predicted molar refractivity (Wildman–Crippen MR) is 116 cm³/mol. The van der Waals surface area contributed by atoms with Gasteiger partial charge in [-0.15, -0.1) is 6.58 Å². The van der Waals surface area contributed by atoms with Crippen LogP contribution in [-0.4, -0.2) is 13.2 Å². The van der Waals surface area contributed by atoms with E-state index in [0.29, 0.717) is 12.5 Å². The topological polar surface area (TPSA) is 9.23 Å². The minimum Gasteiger partial charge on any atom is -0.377 e. The molecule has 0 aliphatic heterocycles. The van der Waals surface area contributed by atoms with Gasteiger partial charge < -0.3 is 4.74 Å². The van der Waals surface area contributed by atoms with Crippen molar-refractivity contribution in [2.24, 2.45) is 5.92 Å². The van der Waals surface area contributed by atoms with Gasteiger partial charge in [0.15, 0.2) is 0 Å². The number of aryl methyl sites for hydroxylation is 1. The number of rotatable bonds is 9. The number of benzene rings is 2. The van der Waals surface area contributed by atoms with Crippen molar-refractivity contribution in [3.05, 3.63) is 72.3 Å². The smallest absolute Gasteiger partial charge is 0.0644 e. The molecule has 2 aromatic rings. The van der Waals surface area contributed by atoms with Crippen molar-refractivity contribution in [2.75, 3.05) is 13.2 Å². The zero-order valence-corrected chi connectivity index (χ0v) is 16.8. The molecule has 0 heterocycles. The SMILES string of the molecule is C=CCOC[C@H]1CC[C@H](c2ccc(-c3ccc(CCCC)cc3)cc2)CC1. The van der Waals surface area contributed by atoms with Crippen LogP contribution in [0.4, 0.5) is 0 Å². The Kier molecular flexibility index (Phi) is 7.71. The lowest BCUT2D eigenvalue weighted by Gasteiger charge is -2.28. The molecule has 0 unspecified atom stereocenters. The highest BCUT2D eigenvalue weighted by atomic mass is 16.5. The van der Waals surface area contributed by atoms with Crippen molar-refractivity contribution in [1.82, 2.24) is 0 Å². The minimum atomic E-state index is 0.682. The Morgan fingerprint density at radius 3 is 2.15 bits per heavy atom. The van der Waals surface area contributed by atoms with Gasteiger partial charge in [-0.3, -0.25) is 0 Å². The Morgan fingerprint density at radius 1 is 0.926 bits per heavy atom. The predicted octanol–water partition coefficient (Wildman–Crippen LogP) is 7.17. The summed E-state index contributed by atoms with van der Waals surface area (Å²) in [6, 6.07) is 18.4. The molecule has 0 spiro atoms. The lowest BCUT2D eigenvalue weighted by molar-refractivity contribution is 0.102. The molecule has 144 valence electrons. The maximum atomic E-state index is 5.64. The summed E-state index contributed by atoms with van der Waals surface area (Å²) in [6.45, 7) is 7.54. The average molecular weight is 363 g/mol. The molecule has 0 atom stereocenters. The fraction of sp³-hybridized carbons (Fsp3) is 0.462. The third kappa shape index (κ3) is 5.81. The van der Waals surface area contributed by atoms with Gasteiger partial charge in [-0.2, -0.15) is 0 Å². The zero-order chi connectivity index (χ0) is 18.9. The highest BCUT2D eigenvalue weighted by Crippen LogP contribution is 2.36. The maximum absolute atomic E-state index is 5.64. The molecule has 3 rings (SSSR count). The van der Waals surface area contributed by atoms with Crippen molar-refractivity contribution >= 4 is 0 Å². The molecule has 0 N–H and O–H groups in total. The molecule has 1 nitrogen and oxygen atoms in total. The number of hydrogen-bond acceptors (Lipinski definition) is 1. The van der Waals surface area contributed by atoms with Crippen LogP contribution >= 0.6 is 0 Å². The first-order valence-corrected chi connectivity index (χ1v) is 10.7. The third-order valence-corrected chi connectivity index (χ3v) is 5.92. The van der Waals surface area contributed by atoms with E-state index in [4.69, 9.17) is 4.74 Å². The van der Waals surface area contributed by atoms with Crippen molar-refractivity contribution in [3.8, 4) is 11.1 Å². The standard InChI is InChI=1S/C26H34O/c1-3-5-6-21-7-11-23(12-8-21)25-15-17-26(18-16-25)24-13-9-22(10-14-24)20-27-19-4-2/h4,7-8,11-12,15-18,22,24H,2-3,5-6,9-10,13-14,19-20H2,1H3/t22-,24-. The van der Waals surface area contributed by atoms with Gasteiger partial charge in [0, 0.05) is 6.61 Å². The molecule has 0 saturated heterocycles. The molecule has 1 fully saturated rings. The van der Waals surface area contributed by atoms with Crippen LogP contribution in [0.25, 0.3) is 11.1 Å². The van der Waals surface area contributed by atoms with Crippen molar-refractivity contribution in [3.63, 3.8) is 0 Å². The number of unbranched alkanes of at least 4 members (excludes halogenated alkanes) is 1. The lowest BCUT2D eigenvalue weighted by atomic mass is 9.79. The van der Waals surface area contributed by atoms with Crippen LogP contribution in [0.2, 0.25) is 0 Å². The van der Waals surface area contributed by atoms with Gasteiger partial charge in [0.2, 0.25) is 0 Å². The first-order valence-electron chi connectivity index (χ1n) is 10.7. The molecular weight excluding hydrogens is 328 g/mol. The largest absolute Gasteiger partial charge is 0.377 e. The van der Waals surface area contributed by atoms with E-state index in [-0.39, 0.29) is 0 Å². The van der Waals surface area contributed by atoms with E-state index in [1.807, 2.05) is 6.08 Å². The molecule has 27 heavy (non-hydrogen) atoms. The van der Waals surface area contributed by atoms with Gasteiger partial charge >= 0.3 is 0 Å². The lowest BCUT2D eigenvalue weighted by Crippen LogP contribution is -2.18. The fourth-order valence-electron chi connectivity index (χ4n) is 4.17. The Hall–Kier alpha value is -1.86. The van der Waals surface area contributed by atoms with Crippen LogP contribution in [0.15, 0.2) is 61.2 Å². The summed E-state index contributed by atoms with van der Waals surface area (Å²) in [4.78, 5) is 0. The third-order valence-electron chi connectivity index (χ3n) is 5.92. The monoisotopic (exact) mass is 362 g/mol. The van der Waals surface area contributed by atoms with Crippen molar-refractivity contribution < 1.29 is 4.74 Å². The molecule has 0 radical (unpaired) electrons. The van der Waals surface area contributed by atoms with Crippen LogP contribution in [0.3, 0.4) is 0 Å². The molecule has 0 amide bonds. The van der Waals surface area contributed by atoms with Crippen molar-refractivity contribution in [1.29, 1.82) is 0 Å². The van der Waals surface area contributed by atoms with E-state index in [1.165, 1.54) is 67.2 Å². The first kappa shape index (κ1) is 19.9. The highest BCUT2D eigenvalue weighted by molar-refractivity contribution is 5.64. The van der Waals surface area contributed by atoms with E-state index >= 15 is 0 Å². The molecule has 1 saturated carbocycles. The first-order chi connectivity index (χ1) is 13.3. The van der Waals surface area contributed by atoms with Crippen LogP contribution in [-0.2, 0) is 11.2 Å². The van der Waals surface area contributed by atoms with Gasteiger partial charge in [-0.25, -0.2) is 0 Å². The summed E-state index contributed by atoms with van der Waals surface area (Å²) >= 11 is 0. The second-order valence-electron chi connectivity index (χ2n) is 7.97. The maximum Gasteiger partial charge on any atom is 0.0644 e. The van der Waals surface area contributed by atoms with Gasteiger partial charge in [0.25, 0.3) is 0 Å². The average Bonchev–Trinajstić information content (AvgIpc) is 2.73. The van der Waals surface area contributed by atoms with Gasteiger partial charge in [-0.1, -0.05) is 68.0 Å². The van der Waals surface area contributed by atoms with Crippen molar-refractivity contribution in [2.45, 2.75) is 57.8 Å². The molecule has 0 bridgehead atoms. The van der Waals surface area contributed by atoms with E-state index in [0.717, 1.165) is 12.5 Å². The summed E-state index contributed by atoms with van der Waals surface area (Å²) in [5.41, 5.74) is 5.60. The zero-order valence-electron chi connectivity index (χ0n) is 16.8. The van der Waals surface area contributed by atoms with Crippen LogP contribution < -0.4 is 0 Å². The van der Waals surface area contributed by atoms with E-state index in [9.17, 15) is 0 Å². The minimum absolute atomic E-state index is 0.682. The summed E-state index contributed by atoms with van der Waals surface area (Å²) in [7, 11) is 0. The highest BCUT2D eigenvalue weighted by Gasteiger charge is 2.22. The number of hydrogen-bond donors (Lipinski definition) is 0. The van der Waals surface area contributed by atoms with Crippen LogP contribution in [0.5, 0.6) is 0 Å². The molecule has 1 aliphatic carbocycles. The normalized spacial score (nSPS) is 19.7. The van der Waals surface area contributed by atoms with Gasteiger partial charge in [0.1, 0.15) is 0 Å². The molecule has 1 aliphatic rings. The van der Waals surface area contributed by atoms with E-state index < -0.39 is 0 Å². The summed E-state index contributed by atoms with van der Waals surface area (Å²) < 4.78 is 5.64. The Labute approximate surface area is 165 Å². The summed E-state index contributed by atoms with van der Waals surface area (Å²) in [5.74, 6) is 1.44. The molecule has 1 heteroatoms. The quantitative estimate of drug-likeness (QED) is 0.339. The van der Waals surface area contributed by atoms with E-state index in [1.54, 1.807) is 0 Å². The Bertz CT molecular complexity index is 675. The Morgan fingerprint density at radius 2 is 1.56 bits per heavy atom. The summed E-state index contributed by atoms with van der Waals surface area (Å²) in [6.07, 6.45) is 10.7. The van der Waals surface area contributed by atoms with E-state index in [2.05, 4.69) is 62.0 Å². The van der Waals surface area contributed by atoms with Crippen LogP contribution in [0.1, 0.15) is 62.5 Å². The fourth-order valence-corrected chi connectivity index (χ4v) is 4.17.